The van der Waals surface area contributed by atoms with E-state index in [-0.39, 0.29) is 5.91 Å². The van der Waals surface area contributed by atoms with Crippen molar-refractivity contribution in [1.29, 1.82) is 0 Å². The molecular weight excluding hydrogens is 336 g/mol. The van der Waals surface area contributed by atoms with Gasteiger partial charge in [0, 0.05) is 36.6 Å². The summed E-state index contributed by atoms with van der Waals surface area (Å²) in [6.07, 6.45) is 0. The summed E-state index contributed by atoms with van der Waals surface area (Å²) >= 11 is 1.60. The van der Waals surface area contributed by atoms with Gasteiger partial charge in [0.2, 0.25) is 17.6 Å². The standard InChI is InChI=1S/C18H20N4O2S/c1-3-22(13(2)23)11-14-6-4-5-7-16(14)19-10-17-20-18(21-24-17)15-8-9-25-12-15/h4-9,12,19H,3,10-11H2,1-2H3. The number of hydrogen-bond acceptors (Lipinski definition) is 6. The largest absolute Gasteiger partial charge is 0.376 e. The average molecular weight is 356 g/mol. The number of amides is 1. The van der Waals surface area contributed by atoms with Crippen LogP contribution in [0.5, 0.6) is 0 Å². The second kappa shape index (κ2) is 7.94. The summed E-state index contributed by atoms with van der Waals surface area (Å²) in [5.74, 6) is 1.18. The monoisotopic (exact) mass is 356 g/mol. The van der Waals surface area contributed by atoms with E-state index in [0.29, 0.717) is 31.3 Å². The first-order valence-electron chi connectivity index (χ1n) is 8.09. The summed E-state index contributed by atoms with van der Waals surface area (Å²) in [6.45, 7) is 5.24. The molecule has 1 amide bonds. The first-order valence-corrected chi connectivity index (χ1v) is 9.04. The molecule has 0 fully saturated rings. The number of thiophene rings is 1. The first kappa shape index (κ1) is 17.2. The highest BCUT2D eigenvalue weighted by atomic mass is 32.1. The lowest BCUT2D eigenvalue weighted by atomic mass is 10.1. The second-order valence-electron chi connectivity index (χ2n) is 5.57. The van der Waals surface area contributed by atoms with Gasteiger partial charge in [-0.05, 0) is 30.0 Å². The van der Waals surface area contributed by atoms with Crippen LogP contribution in [0.15, 0.2) is 45.6 Å². The van der Waals surface area contributed by atoms with Crippen molar-refractivity contribution in [3.8, 4) is 11.4 Å². The SMILES string of the molecule is CCN(Cc1ccccc1NCc1nc(-c2ccsc2)no1)C(C)=O. The molecule has 25 heavy (non-hydrogen) atoms. The predicted octanol–water partition coefficient (Wildman–Crippen LogP) is 3.78. The summed E-state index contributed by atoms with van der Waals surface area (Å²) < 4.78 is 5.31. The molecule has 0 radical (unpaired) electrons. The summed E-state index contributed by atoms with van der Waals surface area (Å²) in [6, 6.07) is 9.89. The third-order valence-electron chi connectivity index (χ3n) is 3.88. The number of nitrogens with one attached hydrogen (secondary N) is 1. The minimum Gasteiger partial charge on any atom is -0.376 e. The van der Waals surface area contributed by atoms with E-state index >= 15 is 0 Å². The van der Waals surface area contributed by atoms with Crippen LogP contribution < -0.4 is 5.32 Å². The molecule has 2 heterocycles. The summed E-state index contributed by atoms with van der Waals surface area (Å²) in [5.41, 5.74) is 2.97. The van der Waals surface area contributed by atoms with Crippen molar-refractivity contribution in [2.45, 2.75) is 26.9 Å². The minimum absolute atomic E-state index is 0.0645. The molecule has 0 unspecified atom stereocenters. The topological polar surface area (TPSA) is 71.3 Å². The van der Waals surface area contributed by atoms with Crippen LogP contribution in [-0.4, -0.2) is 27.5 Å². The number of aromatic nitrogens is 2. The fourth-order valence-corrected chi connectivity index (χ4v) is 3.12. The summed E-state index contributed by atoms with van der Waals surface area (Å²) in [5, 5.41) is 11.3. The van der Waals surface area contributed by atoms with Gasteiger partial charge in [-0.2, -0.15) is 16.3 Å². The molecule has 3 aromatic rings. The Morgan fingerprint density at radius 1 is 1.32 bits per heavy atom. The lowest BCUT2D eigenvalue weighted by Gasteiger charge is -2.21. The van der Waals surface area contributed by atoms with Gasteiger partial charge < -0.3 is 14.7 Å². The zero-order chi connectivity index (χ0) is 17.6. The number of anilines is 1. The van der Waals surface area contributed by atoms with Crippen molar-refractivity contribution >= 4 is 22.9 Å². The Labute approximate surface area is 150 Å². The summed E-state index contributed by atoms with van der Waals surface area (Å²) in [7, 11) is 0. The molecule has 0 aliphatic rings. The van der Waals surface area contributed by atoms with E-state index in [2.05, 4.69) is 15.5 Å². The van der Waals surface area contributed by atoms with Crippen LogP contribution in [0.1, 0.15) is 25.3 Å². The van der Waals surface area contributed by atoms with Crippen LogP contribution in [0.4, 0.5) is 5.69 Å². The normalized spacial score (nSPS) is 10.6. The van der Waals surface area contributed by atoms with Gasteiger partial charge in [-0.25, -0.2) is 0 Å². The van der Waals surface area contributed by atoms with Gasteiger partial charge in [-0.1, -0.05) is 23.4 Å². The van der Waals surface area contributed by atoms with Crippen LogP contribution in [-0.2, 0) is 17.9 Å². The van der Waals surface area contributed by atoms with Gasteiger partial charge in [-0.15, -0.1) is 0 Å². The Balaban J connectivity index is 1.68. The third kappa shape index (κ3) is 4.24. The molecule has 6 nitrogen and oxygen atoms in total. The zero-order valence-electron chi connectivity index (χ0n) is 14.2. The molecule has 0 aliphatic carbocycles. The zero-order valence-corrected chi connectivity index (χ0v) is 15.0. The van der Waals surface area contributed by atoms with Crippen molar-refractivity contribution in [3.05, 3.63) is 52.5 Å². The van der Waals surface area contributed by atoms with Crippen molar-refractivity contribution < 1.29 is 9.32 Å². The Kier molecular flexibility index (Phi) is 5.45. The van der Waals surface area contributed by atoms with E-state index in [0.717, 1.165) is 16.8 Å². The van der Waals surface area contributed by atoms with Gasteiger partial charge in [0.1, 0.15) is 0 Å². The van der Waals surface area contributed by atoms with Crippen LogP contribution in [0, 0.1) is 0 Å². The maximum atomic E-state index is 11.7. The predicted molar refractivity (Wildman–Crippen MR) is 98.1 cm³/mol. The van der Waals surface area contributed by atoms with Crippen LogP contribution in [0.3, 0.4) is 0 Å². The van der Waals surface area contributed by atoms with E-state index < -0.39 is 0 Å². The molecule has 0 spiro atoms. The number of rotatable bonds is 7. The van der Waals surface area contributed by atoms with Crippen LogP contribution in [0.2, 0.25) is 0 Å². The van der Waals surface area contributed by atoms with E-state index in [1.54, 1.807) is 23.2 Å². The summed E-state index contributed by atoms with van der Waals surface area (Å²) in [4.78, 5) is 17.9. The molecule has 7 heteroatoms. The molecule has 3 rings (SSSR count). The highest BCUT2D eigenvalue weighted by Gasteiger charge is 2.12. The maximum Gasteiger partial charge on any atom is 0.246 e. The quantitative estimate of drug-likeness (QED) is 0.697. The molecule has 2 aromatic heterocycles. The average Bonchev–Trinajstić information content (AvgIpc) is 3.29. The first-order chi connectivity index (χ1) is 12.2. The van der Waals surface area contributed by atoms with E-state index in [1.807, 2.05) is 48.0 Å². The highest BCUT2D eigenvalue weighted by Crippen LogP contribution is 2.21. The van der Waals surface area contributed by atoms with Crippen LogP contribution in [0.25, 0.3) is 11.4 Å². The molecule has 0 saturated carbocycles. The molecular formula is C18H20N4O2S. The fourth-order valence-electron chi connectivity index (χ4n) is 2.49. The van der Waals surface area contributed by atoms with Gasteiger partial charge in [-0.3, -0.25) is 4.79 Å². The van der Waals surface area contributed by atoms with Crippen molar-refractivity contribution in [2.24, 2.45) is 0 Å². The minimum atomic E-state index is 0.0645. The fraction of sp³-hybridized carbons (Fsp3) is 0.278. The van der Waals surface area contributed by atoms with Gasteiger partial charge >= 0.3 is 0 Å². The molecule has 1 N–H and O–H groups in total. The van der Waals surface area contributed by atoms with Crippen molar-refractivity contribution in [2.75, 3.05) is 11.9 Å². The molecule has 130 valence electrons. The highest BCUT2D eigenvalue weighted by molar-refractivity contribution is 7.08. The smallest absolute Gasteiger partial charge is 0.246 e. The Morgan fingerprint density at radius 3 is 2.88 bits per heavy atom. The molecule has 0 saturated heterocycles. The number of hydrogen-bond donors (Lipinski definition) is 1. The Hall–Kier alpha value is -2.67. The Bertz CT molecular complexity index is 829. The molecule has 0 bridgehead atoms. The van der Waals surface area contributed by atoms with Crippen LogP contribution >= 0.6 is 11.3 Å². The third-order valence-corrected chi connectivity index (χ3v) is 4.57. The molecule has 1 aromatic carbocycles. The number of benzene rings is 1. The number of para-hydroxylation sites is 1. The Morgan fingerprint density at radius 2 is 2.16 bits per heavy atom. The van der Waals surface area contributed by atoms with E-state index in [1.165, 1.54) is 0 Å². The number of carbonyl (C=O) groups excluding carboxylic acids is 1. The number of carbonyl (C=O) groups is 1. The van der Waals surface area contributed by atoms with Gasteiger partial charge in [0.15, 0.2) is 0 Å². The number of nitrogens with zero attached hydrogens (tertiary/aromatic N) is 3. The maximum absolute atomic E-state index is 11.7. The lowest BCUT2D eigenvalue weighted by molar-refractivity contribution is -0.129. The van der Waals surface area contributed by atoms with E-state index in [9.17, 15) is 4.79 Å². The van der Waals surface area contributed by atoms with Crippen molar-refractivity contribution in [3.63, 3.8) is 0 Å². The second-order valence-corrected chi connectivity index (χ2v) is 6.35. The molecule has 0 aliphatic heterocycles. The van der Waals surface area contributed by atoms with Gasteiger partial charge in [0.25, 0.3) is 0 Å². The molecule has 0 atom stereocenters. The lowest BCUT2D eigenvalue weighted by Crippen LogP contribution is -2.28. The van der Waals surface area contributed by atoms with Crippen molar-refractivity contribution in [1.82, 2.24) is 15.0 Å². The van der Waals surface area contributed by atoms with Gasteiger partial charge in [0.05, 0.1) is 6.54 Å². The van der Waals surface area contributed by atoms with E-state index in [4.69, 9.17) is 4.52 Å².